The highest BCUT2D eigenvalue weighted by molar-refractivity contribution is 5.34. The lowest BCUT2D eigenvalue weighted by Crippen LogP contribution is -2.19. The molecular weight excluding hydrogens is 228 g/mol. The quantitative estimate of drug-likeness (QED) is 0.747. The van der Waals surface area contributed by atoms with E-state index in [9.17, 15) is 4.79 Å². The highest BCUT2D eigenvalue weighted by Gasteiger charge is 2.26. The molecule has 2 saturated carbocycles. The van der Waals surface area contributed by atoms with Crippen molar-refractivity contribution in [3.63, 3.8) is 0 Å². The summed E-state index contributed by atoms with van der Waals surface area (Å²) >= 11 is 0. The molecule has 1 aromatic rings. The molecule has 2 fully saturated rings. The molecule has 2 atom stereocenters. The lowest BCUT2D eigenvalue weighted by molar-refractivity contribution is 0.564. The number of hydrogen-bond donors (Lipinski definition) is 3. The van der Waals surface area contributed by atoms with Crippen molar-refractivity contribution in [3.8, 4) is 0 Å². The van der Waals surface area contributed by atoms with Gasteiger partial charge in [-0.3, -0.25) is 4.79 Å². The largest absolute Gasteiger partial charge is 0.370 e. The van der Waals surface area contributed by atoms with Crippen LogP contribution in [0.15, 0.2) is 10.9 Å². The molecule has 5 heteroatoms. The van der Waals surface area contributed by atoms with Gasteiger partial charge in [0.1, 0.15) is 11.6 Å². The molecular formula is C13H20N4O. The summed E-state index contributed by atoms with van der Waals surface area (Å²) in [5, 5.41) is 3.28. The van der Waals surface area contributed by atoms with Gasteiger partial charge in [-0.05, 0) is 38.0 Å². The van der Waals surface area contributed by atoms with E-state index in [-0.39, 0.29) is 5.56 Å². The second-order valence-corrected chi connectivity index (χ2v) is 5.61. The second-order valence-electron chi connectivity index (χ2n) is 5.61. The number of H-pyrrole nitrogens is 1. The molecule has 0 amide bonds. The van der Waals surface area contributed by atoms with E-state index in [1.54, 1.807) is 6.07 Å². The molecule has 0 saturated heterocycles. The van der Waals surface area contributed by atoms with Gasteiger partial charge in [-0.2, -0.15) is 0 Å². The summed E-state index contributed by atoms with van der Waals surface area (Å²) in [5.41, 5.74) is 5.83. The lowest BCUT2D eigenvalue weighted by Gasteiger charge is -2.12. The van der Waals surface area contributed by atoms with E-state index in [0.29, 0.717) is 23.7 Å². The van der Waals surface area contributed by atoms with E-state index in [1.807, 2.05) is 0 Å². The van der Waals surface area contributed by atoms with Crippen molar-refractivity contribution in [1.29, 1.82) is 0 Å². The zero-order valence-electron chi connectivity index (χ0n) is 10.5. The molecule has 2 unspecified atom stereocenters. The van der Waals surface area contributed by atoms with Crippen LogP contribution in [0.4, 0.5) is 5.82 Å². The van der Waals surface area contributed by atoms with Gasteiger partial charge in [-0.15, -0.1) is 0 Å². The first-order chi connectivity index (χ1) is 8.70. The van der Waals surface area contributed by atoms with Gasteiger partial charge in [0.15, 0.2) is 0 Å². The topological polar surface area (TPSA) is 83.8 Å². The van der Waals surface area contributed by atoms with E-state index >= 15 is 0 Å². The molecule has 4 N–H and O–H groups in total. The molecule has 0 aromatic carbocycles. The van der Waals surface area contributed by atoms with E-state index in [0.717, 1.165) is 38.1 Å². The fraction of sp³-hybridized carbons (Fsp3) is 0.692. The summed E-state index contributed by atoms with van der Waals surface area (Å²) in [6.07, 6.45) is 5.65. The normalized spacial score (nSPS) is 27.4. The Balaban J connectivity index is 1.63. The first-order valence-corrected chi connectivity index (χ1v) is 6.81. The van der Waals surface area contributed by atoms with Crippen molar-refractivity contribution in [2.45, 2.75) is 44.1 Å². The summed E-state index contributed by atoms with van der Waals surface area (Å²) in [6.45, 7) is 0.869. The van der Waals surface area contributed by atoms with Crippen molar-refractivity contribution in [2.75, 3.05) is 11.9 Å². The standard InChI is InChI=1S/C13H20N4O/c14-10-4-1-8(5-10)7-15-11-6-12(18)17-13(16-11)9-2-3-9/h6,8-10H,1-5,7,14H2,(H2,15,16,17,18). The van der Waals surface area contributed by atoms with Gasteiger partial charge in [-0.1, -0.05) is 0 Å². The molecule has 3 rings (SSSR count). The van der Waals surface area contributed by atoms with Crippen LogP contribution >= 0.6 is 0 Å². The van der Waals surface area contributed by atoms with Crippen molar-refractivity contribution >= 4 is 5.82 Å². The Kier molecular flexibility index (Phi) is 3.07. The Bertz CT molecular complexity index is 480. The van der Waals surface area contributed by atoms with Gasteiger partial charge in [0.2, 0.25) is 0 Å². The smallest absolute Gasteiger partial charge is 0.252 e. The van der Waals surface area contributed by atoms with Crippen LogP contribution in [0, 0.1) is 5.92 Å². The molecule has 5 nitrogen and oxygen atoms in total. The van der Waals surface area contributed by atoms with Crippen LogP contribution in [0.2, 0.25) is 0 Å². The van der Waals surface area contributed by atoms with E-state index in [2.05, 4.69) is 15.3 Å². The third kappa shape index (κ3) is 2.72. The van der Waals surface area contributed by atoms with Gasteiger partial charge in [-0.25, -0.2) is 4.98 Å². The highest BCUT2D eigenvalue weighted by Crippen LogP contribution is 2.37. The van der Waals surface area contributed by atoms with Gasteiger partial charge in [0, 0.05) is 24.6 Å². The molecule has 1 aromatic heterocycles. The monoisotopic (exact) mass is 248 g/mol. The van der Waals surface area contributed by atoms with E-state index < -0.39 is 0 Å². The molecule has 2 aliphatic carbocycles. The molecule has 1 heterocycles. The van der Waals surface area contributed by atoms with Crippen LogP contribution in [0.3, 0.4) is 0 Å². The third-order valence-corrected chi connectivity index (χ3v) is 3.88. The third-order valence-electron chi connectivity index (χ3n) is 3.88. The predicted octanol–water partition coefficient (Wildman–Crippen LogP) is 1.19. The highest BCUT2D eigenvalue weighted by atomic mass is 16.1. The Morgan fingerprint density at radius 1 is 1.39 bits per heavy atom. The van der Waals surface area contributed by atoms with Gasteiger partial charge < -0.3 is 16.0 Å². The van der Waals surface area contributed by atoms with E-state index in [4.69, 9.17) is 5.73 Å². The first-order valence-electron chi connectivity index (χ1n) is 6.81. The van der Waals surface area contributed by atoms with Gasteiger partial charge in [0.25, 0.3) is 5.56 Å². The molecule has 2 aliphatic rings. The minimum Gasteiger partial charge on any atom is -0.370 e. The summed E-state index contributed by atoms with van der Waals surface area (Å²) in [5.74, 6) is 2.64. The Morgan fingerprint density at radius 3 is 2.89 bits per heavy atom. The summed E-state index contributed by atoms with van der Waals surface area (Å²) in [4.78, 5) is 18.8. The molecule has 98 valence electrons. The molecule has 0 radical (unpaired) electrons. The Hall–Kier alpha value is -1.36. The van der Waals surface area contributed by atoms with Crippen molar-refractivity contribution < 1.29 is 0 Å². The van der Waals surface area contributed by atoms with E-state index in [1.165, 1.54) is 6.42 Å². The summed E-state index contributed by atoms with van der Waals surface area (Å²) < 4.78 is 0. The van der Waals surface area contributed by atoms with Gasteiger partial charge in [0.05, 0.1) is 0 Å². The summed E-state index contributed by atoms with van der Waals surface area (Å²) in [7, 11) is 0. The van der Waals surface area contributed by atoms with Crippen molar-refractivity contribution in [3.05, 3.63) is 22.2 Å². The summed E-state index contributed by atoms with van der Waals surface area (Å²) in [6, 6.07) is 1.90. The van der Waals surface area contributed by atoms with Gasteiger partial charge >= 0.3 is 0 Å². The van der Waals surface area contributed by atoms with Crippen molar-refractivity contribution in [1.82, 2.24) is 9.97 Å². The maximum Gasteiger partial charge on any atom is 0.252 e. The van der Waals surface area contributed by atoms with Crippen molar-refractivity contribution in [2.24, 2.45) is 11.7 Å². The van der Waals surface area contributed by atoms with Crippen LogP contribution in [0.1, 0.15) is 43.8 Å². The minimum atomic E-state index is -0.0578. The first kappa shape index (κ1) is 11.7. The minimum absolute atomic E-state index is 0.0578. The molecule has 0 spiro atoms. The maximum atomic E-state index is 11.5. The zero-order valence-corrected chi connectivity index (χ0v) is 10.5. The predicted molar refractivity (Wildman–Crippen MR) is 70.6 cm³/mol. The van der Waals surface area contributed by atoms with Crippen LogP contribution in [0.25, 0.3) is 0 Å². The maximum absolute atomic E-state index is 11.5. The lowest BCUT2D eigenvalue weighted by atomic mass is 10.1. The Labute approximate surface area is 106 Å². The number of nitrogens with zero attached hydrogens (tertiary/aromatic N) is 1. The number of aromatic nitrogens is 2. The fourth-order valence-electron chi connectivity index (χ4n) is 2.67. The number of anilines is 1. The number of nitrogens with two attached hydrogens (primary N) is 1. The molecule has 18 heavy (non-hydrogen) atoms. The Morgan fingerprint density at radius 2 is 2.22 bits per heavy atom. The van der Waals surface area contributed by atoms with Crippen LogP contribution < -0.4 is 16.6 Å². The number of nitrogens with one attached hydrogen (secondary N) is 2. The van der Waals surface area contributed by atoms with Crippen LogP contribution in [0.5, 0.6) is 0 Å². The van der Waals surface area contributed by atoms with Crippen LogP contribution in [-0.2, 0) is 0 Å². The number of rotatable bonds is 4. The fourth-order valence-corrected chi connectivity index (χ4v) is 2.67. The SMILES string of the molecule is NC1CCC(CNc2cc(=O)[nH]c(C3CC3)n2)C1. The van der Waals surface area contributed by atoms with Crippen LogP contribution in [-0.4, -0.2) is 22.6 Å². The molecule has 0 aliphatic heterocycles. The zero-order chi connectivity index (χ0) is 12.5. The second kappa shape index (κ2) is 4.72. The average molecular weight is 248 g/mol. The molecule has 0 bridgehead atoms. The number of hydrogen-bond acceptors (Lipinski definition) is 4. The number of aromatic amines is 1. The average Bonchev–Trinajstić information content (AvgIpc) is 3.10.